The average molecular weight is 477 g/mol. The van der Waals surface area contributed by atoms with Crippen LogP contribution in [-0.4, -0.2) is 48.3 Å². The summed E-state index contributed by atoms with van der Waals surface area (Å²) in [5.41, 5.74) is -4.14. The van der Waals surface area contributed by atoms with E-state index in [0.29, 0.717) is 64.2 Å². The van der Waals surface area contributed by atoms with Crippen LogP contribution in [0.2, 0.25) is 0 Å². The molecule has 0 aromatic heterocycles. The SMILES string of the molecule is O=C(OC1CCC1)C1(C(=O)OC2CCC2)CCCCC1(C(=O)OC1CCC1)C(=O)OC1CCC1. The number of rotatable bonds is 8. The molecule has 0 amide bonds. The Balaban J connectivity index is 1.55. The van der Waals surface area contributed by atoms with Gasteiger partial charge in [-0.05, 0) is 89.9 Å². The molecular weight excluding hydrogens is 440 g/mol. The van der Waals surface area contributed by atoms with Crippen molar-refractivity contribution in [1.29, 1.82) is 0 Å². The molecular formula is C26H36O8. The van der Waals surface area contributed by atoms with Crippen LogP contribution in [0.1, 0.15) is 103 Å². The summed E-state index contributed by atoms with van der Waals surface area (Å²) in [7, 11) is 0. The van der Waals surface area contributed by atoms with Crippen LogP contribution < -0.4 is 0 Å². The van der Waals surface area contributed by atoms with Gasteiger partial charge in [0.2, 0.25) is 0 Å². The molecule has 0 aromatic rings. The van der Waals surface area contributed by atoms with E-state index in [4.69, 9.17) is 18.9 Å². The fourth-order valence-corrected chi connectivity index (χ4v) is 5.44. The number of esters is 4. The predicted octanol–water partition coefficient (Wildman–Crippen LogP) is 3.92. The molecule has 0 N–H and O–H groups in total. The maximum absolute atomic E-state index is 13.9. The average Bonchev–Trinajstić information content (AvgIpc) is 2.71. The van der Waals surface area contributed by atoms with Gasteiger partial charge in [0.25, 0.3) is 0 Å². The molecule has 8 heteroatoms. The Bertz CT molecular complexity index is 695. The Kier molecular flexibility index (Phi) is 6.60. The maximum Gasteiger partial charge on any atom is 0.325 e. The minimum Gasteiger partial charge on any atom is -0.461 e. The lowest BCUT2D eigenvalue weighted by Crippen LogP contribution is -2.65. The lowest BCUT2D eigenvalue weighted by atomic mass is 9.55. The van der Waals surface area contributed by atoms with Crippen molar-refractivity contribution in [2.45, 2.75) is 127 Å². The number of hydrogen-bond acceptors (Lipinski definition) is 8. The zero-order valence-electron chi connectivity index (χ0n) is 19.9. The molecule has 5 rings (SSSR count). The van der Waals surface area contributed by atoms with Gasteiger partial charge in [-0.2, -0.15) is 0 Å². The van der Waals surface area contributed by atoms with Gasteiger partial charge in [0.05, 0.1) is 0 Å². The van der Waals surface area contributed by atoms with E-state index in [0.717, 1.165) is 25.7 Å². The molecule has 0 bridgehead atoms. The summed E-state index contributed by atoms with van der Waals surface area (Å²) in [6.07, 6.45) is 9.32. The van der Waals surface area contributed by atoms with Gasteiger partial charge in [-0.1, -0.05) is 12.8 Å². The van der Waals surface area contributed by atoms with E-state index >= 15 is 0 Å². The minimum atomic E-state index is -2.07. The zero-order valence-corrected chi connectivity index (χ0v) is 19.9. The quantitative estimate of drug-likeness (QED) is 0.295. The molecule has 5 fully saturated rings. The monoisotopic (exact) mass is 476 g/mol. The van der Waals surface area contributed by atoms with Crippen molar-refractivity contribution in [3.63, 3.8) is 0 Å². The van der Waals surface area contributed by atoms with Crippen LogP contribution in [0, 0.1) is 10.8 Å². The first-order valence-electron chi connectivity index (χ1n) is 13.3. The first-order valence-corrected chi connectivity index (χ1v) is 13.3. The van der Waals surface area contributed by atoms with Gasteiger partial charge in [0.15, 0.2) is 10.8 Å². The second kappa shape index (κ2) is 9.50. The highest BCUT2D eigenvalue weighted by molar-refractivity contribution is 6.15. The summed E-state index contributed by atoms with van der Waals surface area (Å²) in [5, 5.41) is 0. The van der Waals surface area contributed by atoms with Crippen molar-refractivity contribution in [2.24, 2.45) is 10.8 Å². The van der Waals surface area contributed by atoms with Crippen molar-refractivity contribution in [1.82, 2.24) is 0 Å². The third-order valence-corrected chi connectivity index (χ3v) is 8.78. The van der Waals surface area contributed by atoms with E-state index in [-0.39, 0.29) is 37.3 Å². The second-order valence-electron chi connectivity index (χ2n) is 10.9. The largest absolute Gasteiger partial charge is 0.461 e. The number of carbonyl (C=O) groups excluding carboxylic acids is 4. The Morgan fingerprint density at radius 3 is 0.824 bits per heavy atom. The van der Waals surface area contributed by atoms with Gasteiger partial charge in [-0.3, -0.25) is 19.2 Å². The molecule has 34 heavy (non-hydrogen) atoms. The fraction of sp³-hybridized carbons (Fsp3) is 0.846. The Labute approximate surface area is 200 Å². The normalized spacial score (nSPS) is 26.6. The van der Waals surface area contributed by atoms with Crippen LogP contribution in [0.15, 0.2) is 0 Å². The van der Waals surface area contributed by atoms with Crippen molar-refractivity contribution >= 4 is 23.9 Å². The smallest absolute Gasteiger partial charge is 0.325 e. The molecule has 188 valence electrons. The topological polar surface area (TPSA) is 105 Å². The third kappa shape index (κ3) is 3.91. The van der Waals surface area contributed by atoms with Crippen LogP contribution in [0.25, 0.3) is 0 Å². The van der Waals surface area contributed by atoms with Crippen molar-refractivity contribution in [3.8, 4) is 0 Å². The molecule has 0 saturated heterocycles. The van der Waals surface area contributed by atoms with E-state index in [2.05, 4.69) is 0 Å². The predicted molar refractivity (Wildman–Crippen MR) is 118 cm³/mol. The highest BCUT2D eigenvalue weighted by Crippen LogP contribution is 2.56. The number of ether oxygens (including phenoxy) is 4. The van der Waals surface area contributed by atoms with E-state index in [1.807, 2.05) is 0 Å². The molecule has 5 aliphatic rings. The van der Waals surface area contributed by atoms with Crippen LogP contribution in [-0.2, 0) is 38.1 Å². The molecule has 5 saturated carbocycles. The van der Waals surface area contributed by atoms with E-state index in [1.54, 1.807) is 0 Å². The first-order chi connectivity index (χ1) is 16.5. The van der Waals surface area contributed by atoms with Crippen LogP contribution in [0.4, 0.5) is 0 Å². The molecule has 0 aromatic carbocycles. The molecule has 0 radical (unpaired) electrons. The zero-order chi connectivity index (χ0) is 23.8. The second-order valence-corrected chi connectivity index (χ2v) is 10.9. The summed E-state index contributed by atoms with van der Waals surface area (Å²) in [5.74, 6) is -3.29. The summed E-state index contributed by atoms with van der Waals surface area (Å²) in [6.45, 7) is 0. The van der Waals surface area contributed by atoms with Gasteiger partial charge in [0, 0.05) is 0 Å². The molecule has 0 atom stereocenters. The third-order valence-electron chi connectivity index (χ3n) is 8.78. The van der Waals surface area contributed by atoms with Gasteiger partial charge in [-0.15, -0.1) is 0 Å². The summed E-state index contributed by atoms with van der Waals surface area (Å²) < 4.78 is 23.1. The van der Waals surface area contributed by atoms with E-state index in [1.165, 1.54) is 0 Å². The molecule has 5 aliphatic carbocycles. The summed E-state index contributed by atoms with van der Waals surface area (Å²) in [6, 6.07) is 0. The molecule has 0 spiro atoms. The summed E-state index contributed by atoms with van der Waals surface area (Å²) in [4.78, 5) is 55.5. The van der Waals surface area contributed by atoms with Gasteiger partial charge in [0.1, 0.15) is 24.4 Å². The minimum absolute atomic E-state index is 0.0175. The van der Waals surface area contributed by atoms with Crippen LogP contribution in [0.3, 0.4) is 0 Å². The lowest BCUT2D eigenvalue weighted by molar-refractivity contribution is -0.220. The van der Waals surface area contributed by atoms with E-state index < -0.39 is 34.7 Å². The fourth-order valence-electron chi connectivity index (χ4n) is 5.44. The summed E-state index contributed by atoms with van der Waals surface area (Å²) >= 11 is 0. The van der Waals surface area contributed by atoms with Gasteiger partial charge < -0.3 is 18.9 Å². The Hall–Kier alpha value is -2.12. The Morgan fingerprint density at radius 2 is 0.647 bits per heavy atom. The van der Waals surface area contributed by atoms with Gasteiger partial charge in [-0.25, -0.2) is 0 Å². The molecule has 8 nitrogen and oxygen atoms in total. The maximum atomic E-state index is 13.9. The van der Waals surface area contributed by atoms with Crippen molar-refractivity contribution in [2.75, 3.05) is 0 Å². The van der Waals surface area contributed by atoms with Crippen molar-refractivity contribution < 1.29 is 38.1 Å². The van der Waals surface area contributed by atoms with Crippen LogP contribution >= 0.6 is 0 Å². The highest BCUT2D eigenvalue weighted by atomic mass is 16.6. The lowest BCUT2D eigenvalue weighted by Gasteiger charge is -2.48. The molecule has 0 aliphatic heterocycles. The van der Waals surface area contributed by atoms with E-state index in [9.17, 15) is 19.2 Å². The molecule has 0 unspecified atom stereocenters. The van der Waals surface area contributed by atoms with Crippen molar-refractivity contribution in [3.05, 3.63) is 0 Å². The standard InChI is InChI=1S/C26H36O8/c27-21(31-17-7-3-8-17)25(22(28)32-18-9-4-10-18)15-1-2-16-26(25,23(29)33-19-11-5-12-19)24(30)34-20-13-6-14-20/h17-20H,1-16H2. The number of hydrogen-bond donors (Lipinski definition) is 0. The first kappa shape index (κ1) is 23.6. The van der Waals surface area contributed by atoms with Crippen LogP contribution in [0.5, 0.6) is 0 Å². The molecule has 0 heterocycles. The Morgan fingerprint density at radius 1 is 0.412 bits per heavy atom. The van der Waals surface area contributed by atoms with Gasteiger partial charge >= 0.3 is 23.9 Å². The number of carbonyl (C=O) groups is 4. The highest BCUT2D eigenvalue weighted by Gasteiger charge is 2.74.